The van der Waals surface area contributed by atoms with Crippen molar-refractivity contribution in [2.45, 2.75) is 57.2 Å². The van der Waals surface area contributed by atoms with E-state index in [0.29, 0.717) is 19.3 Å². The van der Waals surface area contributed by atoms with Crippen LogP contribution in [0.5, 0.6) is 0 Å². The van der Waals surface area contributed by atoms with Crippen LogP contribution >= 0.6 is 0 Å². The fourth-order valence-corrected chi connectivity index (χ4v) is 7.27. The second kappa shape index (κ2) is 6.14. The number of hydrogen-bond donors (Lipinski definition) is 0. The number of terminal acetylenes is 1. The molecule has 1 saturated heterocycles. The highest BCUT2D eigenvalue weighted by Gasteiger charge is 2.43. The Kier molecular flexibility index (Phi) is 4.96. The summed E-state index contributed by atoms with van der Waals surface area (Å²) in [4.78, 5) is 0. The van der Waals surface area contributed by atoms with Gasteiger partial charge in [0.25, 0.3) is 0 Å². The molecule has 5 nitrogen and oxygen atoms in total. The molecule has 2 rings (SSSR count). The van der Waals surface area contributed by atoms with E-state index in [1.54, 1.807) is 0 Å². The van der Waals surface area contributed by atoms with Crippen LogP contribution in [0.15, 0.2) is 0 Å². The van der Waals surface area contributed by atoms with Gasteiger partial charge in [0.05, 0.1) is 23.3 Å². The molecule has 0 aromatic heterocycles. The van der Waals surface area contributed by atoms with Crippen molar-refractivity contribution < 1.29 is 16.8 Å². The molecule has 1 saturated carbocycles. The van der Waals surface area contributed by atoms with Gasteiger partial charge < -0.3 is 0 Å². The molecule has 2 fully saturated rings. The van der Waals surface area contributed by atoms with E-state index in [0.717, 1.165) is 12.8 Å². The maximum Gasteiger partial charge on any atom is 0.218 e. The molecule has 0 radical (unpaired) electrons. The van der Waals surface area contributed by atoms with Crippen LogP contribution < -0.4 is 0 Å². The van der Waals surface area contributed by atoms with Crippen LogP contribution in [0.2, 0.25) is 0 Å². The lowest BCUT2D eigenvalue weighted by Crippen LogP contribution is -2.47. The lowest BCUT2D eigenvalue weighted by molar-refractivity contribution is 0.240. The summed E-state index contributed by atoms with van der Waals surface area (Å²) in [6.45, 7) is 4.26. The summed E-state index contributed by atoms with van der Waals surface area (Å²) in [6.07, 6.45) is 8.65. The molecule has 0 aromatic carbocycles. The van der Waals surface area contributed by atoms with Gasteiger partial charge in [0, 0.05) is 6.04 Å². The minimum atomic E-state index is -3.54. The third-order valence-corrected chi connectivity index (χ3v) is 9.04. The van der Waals surface area contributed by atoms with Crippen molar-refractivity contribution >= 4 is 19.9 Å². The summed E-state index contributed by atoms with van der Waals surface area (Å²) in [7, 11) is -6.69. The van der Waals surface area contributed by atoms with E-state index in [1.165, 1.54) is 4.31 Å². The molecule has 7 heteroatoms. The maximum atomic E-state index is 12.9. The Bertz CT molecular complexity index is 648. The summed E-state index contributed by atoms with van der Waals surface area (Å²) in [5.74, 6) is 2.33. The number of sulfonamides is 1. The lowest BCUT2D eigenvalue weighted by Gasteiger charge is -2.37. The third kappa shape index (κ3) is 3.84. The van der Waals surface area contributed by atoms with Gasteiger partial charge in [-0.1, -0.05) is 19.8 Å². The first-order valence-corrected chi connectivity index (χ1v) is 11.0. The normalized spacial score (nSPS) is 28.5. The van der Waals surface area contributed by atoms with Gasteiger partial charge in [0.2, 0.25) is 10.0 Å². The van der Waals surface area contributed by atoms with Crippen molar-refractivity contribution in [1.29, 1.82) is 0 Å². The molecule has 0 spiro atoms. The number of rotatable bonds is 4. The van der Waals surface area contributed by atoms with Gasteiger partial charge in [0.1, 0.15) is 0 Å². The average Bonchev–Trinajstić information content (AvgIpc) is 2.75. The monoisotopic (exact) mass is 347 g/mol. The molecule has 0 bridgehead atoms. The minimum Gasteiger partial charge on any atom is -0.229 e. The molecule has 1 unspecified atom stereocenters. The predicted molar refractivity (Wildman–Crippen MR) is 87.6 cm³/mol. The van der Waals surface area contributed by atoms with Gasteiger partial charge in [-0.15, -0.1) is 6.42 Å². The van der Waals surface area contributed by atoms with Crippen LogP contribution in [-0.4, -0.2) is 50.5 Å². The van der Waals surface area contributed by atoms with Crippen LogP contribution in [0.4, 0.5) is 0 Å². The Balaban J connectivity index is 2.19. The molecule has 0 N–H and O–H groups in total. The SMILES string of the molecule is C#CCN(C1CCS(=O)(=O)C1)S(=O)(=O)C1CCC(C)(C)CC1. The van der Waals surface area contributed by atoms with Gasteiger partial charge >= 0.3 is 0 Å². The van der Waals surface area contributed by atoms with Gasteiger partial charge in [-0.3, -0.25) is 0 Å². The van der Waals surface area contributed by atoms with E-state index in [2.05, 4.69) is 19.8 Å². The maximum absolute atomic E-state index is 12.9. The smallest absolute Gasteiger partial charge is 0.218 e. The Morgan fingerprint density at radius 2 is 1.82 bits per heavy atom. The zero-order valence-corrected chi connectivity index (χ0v) is 14.9. The largest absolute Gasteiger partial charge is 0.229 e. The van der Waals surface area contributed by atoms with E-state index in [9.17, 15) is 16.8 Å². The van der Waals surface area contributed by atoms with E-state index in [-0.39, 0.29) is 23.5 Å². The third-order valence-electron chi connectivity index (χ3n) is 4.90. The number of hydrogen-bond acceptors (Lipinski definition) is 4. The van der Waals surface area contributed by atoms with Crippen molar-refractivity contribution in [2.75, 3.05) is 18.1 Å². The van der Waals surface area contributed by atoms with Crippen molar-refractivity contribution in [3.05, 3.63) is 0 Å². The lowest BCUT2D eigenvalue weighted by atomic mass is 9.77. The Labute approximate surface area is 134 Å². The Hall–Kier alpha value is -0.580. The van der Waals surface area contributed by atoms with Gasteiger partial charge in [0.15, 0.2) is 9.84 Å². The summed E-state index contributed by atoms with van der Waals surface area (Å²) in [5.41, 5.74) is 0.180. The summed E-state index contributed by atoms with van der Waals surface area (Å²) < 4.78 is 50.4. The average molecular weight is 348 g/mol. The highest BCUT2D eigenvalue weighted by atomic mass is 32.2. The van der Waals surface area contributed by atoms with E-state index in [4.69, 9.17) is 6.42 Å². The van der Waals surface area contributed by atoms with Crippen molar-refractivity contribution in [2.24, 2.45) is 5.41 Å². The van der Waals surface area contributed by atoms with Gasteiger partial charge in [-0.2, -0.15) is 4.31 Å². The topological polar surface area (TPSA) is 71.5 Å². The number of nitrogens with zero attached hydrogens (tertiary/aromatic N) is 1. The first-order valence-electron chi connectivity index (χ1n) is 7.72. The highest BCUT2D eigenvalue weighted by molar-refractivity contribution is 7.92. The van der Waals surface area contributed by atoms with Crippen LogP contribution in [-0.2, 0) is 19.9 Å². The Morgan fingerprint density at radius 3 is 2.27 bits per heavy atom. The number of sulfone groups is 1. The summed E-state index contributed by atoms with van der Waals surface area (Å²) >= 11 is 0. The van der Waals surface area contributed by atoms with Crippen molar-refractivity contribution in [3.8, 4) is 12.3 Å². The first-order chi connectivity index (χ1) is 10.1. The fourth-order valence-electron chi connectivity index (χ4n) is 3.38. The standard InChI is InChI=1S/C15H25NO4S2/c1-4-10-16(13-7-11-21(17,18)12-13)22(19,20)14-5-8-15(2,3)9-6-14/h1,13-14H,5-12H2,2-3H3. The van der Waals surface area contributed by atoms with E-state index < -0.39 is 31.2 Å². The minimum absolute atomic E-state index is 0.0393. The van der Waals surface area contributed by atoms with Gasteiger partial charge in [-0.05, 0) is 37.5 Å². The zero-order valence-electron chi connectivity index (χ0n) is 13.3. The molecular formula is C15H25NO4S2. The van der Waals surface area contributed by atoms with Crippen LogP contribution in [0.3, 0.4) is 0 Å². The van der Waals surface area contributed by atoms with Crippen molar-refractivity contribution in [1.82, 2.24) is 4.31 Å². The summed E-state index contributed by atoms with van der Waals surface area (Å²) in [6, 6.07) is -0.499. The van der Waals surface area contributed by atoms with E-state index >= 15 is 0 Å². The van der Waals surface area contributed by atoms with Crippen LogP contribution in [0.1, 0.15) is 46.0 Å². The molecule has 1 aliphatic heterocycles. The fraction of sp³-hybridized carbons (Fsp3) is 0.867. The molecule has 22 heavy (non-hydrogen) atoms. The highest BCUT2D eigenvalue weighted by Crippen LogP contribution is 2.39. The molecule has 2 aliphatic rings. The van der Waals surface area contributed by atoms with E-state index in [1.807, 2.05) is 0 Å². The van der Waals surface area contributed by atoms with Gasteiger partial charge in [-0.25, -0.2) is 16.8 Å². The first kappa shape index (κ1) is 17.8. The molecular weight excluding hydrogens is 322 g/mol. The molecule has 126 valence electrons. The molecule has 0 aromatic rings. The van der Waals surface area contributed by atoms with Crippen LogP contribution in [0.25, 0.3) is 0 Å². The molecule has 1 atom stereocenters. The molecule has 1 heterocycles. The second-order valence-corrected chi connectivity index (χ2v) is 11.6. The predicted octanol–water partition coefficient (Wildman–Crippen LogP) is 1.41. The second-order valence-electron chi connectivity index (χ2n) is 7.21. The Morgan fingerprint density at radius 1 is 1.23 bits per heavy atom. The van der Waals surface area contributed by atoms with Crippen molar-refractivity contribution in [3.63, 3.8) is 0 Å². The molecule has 1 aliphatic carbocycles. The quantitative estimate of drug-likeness (QED) is 0.721. The molecule has 0 amide bonds. The van der Waals surface area contributed by atoms with Crippen LogP contribution in [0, 0.1) is 17.8 Å². The zero-order chi connectivity index (χ0) is 16.6. The summed E-state index contributed by atoms with van der Waals surface area (Å²) in [5, 5.41) is -0.433.